The van der Waals surface area contributed by atoms with E-state index in [0.29, 0.717) is 35.0 Å². The minimum absolute atomic E-state index is 0.319. The Kier molecular flexibility index (Phi) is 6.34. The van der Waals surface area contributed by atoms with Gasteiger partial charge in [0, 0.05) is 18.0 Å². The van der Waals surface area contributed by atoms with Crippen molar-refractivity contribution in [2.45, 2.75) is 31.9 Å². The van der Waals surface area contributed by atoms with Crippen LogP contribution in [0.4, 0.5) is 18.9 Å². The quantitative estimate of drug-likeness (QED) is 0.385. The molecule has 1 saturated heterocycles. The number of methoxy groups -OCH3 is 1. The first kappa shape index (κ1) is 25.3. The molecule has 7 nitrogen and oxygen atoms in total. The number of hydrogen-bond acceptors (Lipinski definition) is 4. The van der Waals surface area contributed by atoms with Crippen molar-refractivity contribution in [2.24, 2.45) is 5.92 Å². The second kappa shape index (κ2) is 9.51. The van der Waals surface area contributed by atoms with Gasteiger partial charge in [0.2, 0.25) is 5.91 Å². The number of carbonyl (C=O) groups excluding carboxylic acids is 2. The molecular formula is C28H25F3N4O3. The molecule has 0 aliphatic carbocycles. The van der Waals surface area contributed by atoms with Gasteiger partial charge in [-0.15, -0.1) is 0 Å². The summed E-state index contributed by atoms with van der Waals surface area (Å²) in [5.41, 5.74) is 2.57. The van der Waals surface area contributed by atoms with E-state index in [4.69, 9.17) is 4.74 Å². The number of amides is 2. The summed E-state index contributed by atoms with van der Waals surface area (Å²) < 4.78 is 47.9. The average molecular weight is 523 g/mol. The summed E-state index contributed by atoms with van der Waals surface area (Å²) in [6.45, 7) is 2.14. The Labute approximate surface area is 216 Å². The van der Waals surface area contributed by atoms with E-state index in [-0.39, 0.29) is 11.7 Å². The fourth-order valence-corrected chi connectivity index (χ4v) is 4.83. The van der Waals surface area contributed by atoms with E-state index >= 15 is 0 Å². The highest BCUT2D eigenvalue weighted by molar-refractivity contribution is 6.01. The van der Waals surface area contributed by atoms with Gasteiger partial charge in [0.25, 0.3) is 5.91 Å². The predicted molar refractivity (Wildman–Crippen MR) is 136 cm³/mol. The Morgan fingerprint density at radius 2 is 1.68 bits per heavy atom. The number of benzene rings is 3. The highest BCUT2D eigenvalue weighted by atomic mass is 19.3. The van der Waals surface area contributed by atoms with Crippen LogP contribution in [-0.2, 0) is 9.59 Å². The number of halogens is 3. The SMILES string of the molecule is COc1ccc([C@@H]2[C@@H](NC(=O)C(C)(F)F)[C@@H](C)C(=O)N2c2ccc3c(cnn3-c3ccc(F)cc3)c2)cc1. The number of alkyl halides is 2. The van der Waals surface area contributed by atoms with Gasteiger partial charge in [-0.25, -0.2) is 9.07 Å². The largest absolute Gasteiger partial charge is 0.497 e. The molecule has 1 aromatic heterocycles. The lowest BCUT2D eigenvalue weighted by Gasteiger charge is -2.30. The first-order chi connectivity index (χ1) is 18.1. The van der Waals surface area contributed by atoms with Crippen molar-refractivity contribution in [3.63, 3.8) is 0 Å². The Bertz CT molecular complexity index is 1500. The first-order valence-electron chi connectivity index (χ1n) is 12.0. The molecule has 0 radical (unpaired) electrons. The second-order valence-electron chi connectivity index (χ2n) is 9.38. The zero-order valence-corrected chi connectivity index (χ0v) is 20.9. The molecule has 196 valence electrons. The topological polar surface area (TPSA) is 76.5 Å². The number of anilines is 1. The Hall–Kier alpha value is -4.34. The van der Waals surface area contributed by atoms with Crippen LogP contribution >= 0.6 is 0 Å². The summed E-state index contributed by atoms with van der Waals surface area (Å²) in [4.78, 5) is 27.4. The average Bonchev–Trinajstić information content (AvgIpc) is 3.42. The summed E-state index contributed by atoms with van der Waals surface area (Å²) in [6, 6.07) is 16.5. The zero-order valence-electron chi connectivity index (χ0n) is 20.9. The van der Waals surface area contributed by atoms with E-state index in [2.05, 4.69) is 10.4 Å². The van der Waals surface area contributed by atoms with Crippen molar-refractivity contribution in [1.82, 2.24) is 15.1 Å². The van der Waals surface area contributed by atoms with Crippen LogP contribution in [0.1, 0.15) is 25.5 Å². The van der Waals surface area contributed by atoms with Crippen LogP contribution in [0.15, 0.2) is 72.9 Å². The van der Waals surface area contributed by atoms with Crippen molar-refractivity contribution >= 4 is 28.4 Å². The molecule has 0 unspecified atom stereocenters. The van der Waals surface area contributed by atoms with Crippen LogP contribution in [0.25, 0.3) is 16.6 Å². The molecule has 10 heteroatoms. The molecule has 1 aliphatic rings. The van der Waals surface area contributed by atoms with Gasteiger partial charge in [-0.3, -0.25) is 9.59 Å². The monoisotopic (exact) mass is 522 g/mol. The predicted octanol–water partition coefficient (Wildman–Crippen LogP) is 5.04. The Balaban J connectivity index is 1.57. The number of aromatic nitrogens is 2. The van der Waals surface area contributed by atoms with Gasteiger partial charge in [0.1, 0.15) is 11.6 Å². The molecule has 0 spiro atoms. The maximum absolute atomic E-state index is 13.8. The van der Waals surface area contributed by atoms with Crippen LogP contribution in [0.5, 0.6) is 5.75 Å². The third kappa shape index (κ3) is 4.46. The third-order valence-corrected chi connectivity index (χ3v) is 6.84. The molecule has 3 atom stereocenters. The van der Waals surface area contributed by atoms with Crippen molar-refractivity contribution in [2.75, 3.05) is 12.0 Å². The second-order valence-corrected chi connectivity index (χ2v) is 9.38. The van der Waals surface area contributed by atoms with E-state index in [1.807, 2.05) is 0 Å². The molecule has 5 rings (SSSR count). The lowest BCUT2D eigenvalue weighted by molar-refractivity contribution is -0.144. The summed E-state index contributed by atoms with van der Waals surface area (Å²) in [5.74, 6) is -5.91. The lowest BCUT2D eigenvalue weighted by Crippen LogP contribution is -2.48. The molecule has 1 N–H and O–H groups in total. The highest BCUT2D eigenvalue weighted by Gasteiger charge is 2.49. The van der Waals surface area contributed by atoms with Gasteiger partial charge in [-0.1, -0.05) is 19.1 Å². The number of nitrogens with zero attached hydrogens (tertiary/aromatic N) is 3. The van der Waals surface area contributed by atoms with Crippen LogP contribution in [-0.4, -0.2) is 40.7 Å². The number of nitrogens with one attached hydrogen (secondary N) is 1. The maximum atomic E-state index is 13.8. The van der Waals surface area contributed by atoms with Crippen molar-refractivity contribution in [1.29, 1.82) is 0 Å². The molecule has 2 heterocycles. The van der Waals surface area contributed by atoms with E-state index < -0.39 is 29.8 Å². The molecule has 0 saturated carbocycles. The van der Waals surface area contributed by atoms with Gasteiger partial charge in [0.15, 0.2) is 0 Å². The van der Waals surface area contributed by atoms with Gasteiger partial charge in [0.05, 0.1) is 42.5 Å². The van der Waals surface area contributed by atoms with E-state index in [1.165, 1.54) is 24.1 Å². The van der Waals surface area contributed by atoms with E-state index in [9.17, 15) is 22.8 Å². The molecule has 1 fully saturated rings. The van der Waals surface area contributed by atoms with Gasteiger partial charge >= 0.3 is 5.92 Å². The molecule has 0 bridgehead atoms. The highest BCUT2D eigenvalue weighted by Crippen LogP contribution is 2.42. The molecule has 4 aromatic rings. The lowest BCUT2D eigenvalue weighted by atomic mass is 9.94. The zero-order chi connectivity index (χ0) is 27.2. The number of rotatable bonds is 6. The number of fused-ring (bicyclic) bond motifs is 1. The molecule has 3 aromatic carbocycles. The first-order valence-corrected chi connectivity index (χ1v) is 12.0. The van der Waals surface area contributed by atoms with Crippen molar-refractivity contribution in [3.8, 4) is 11.4 Å². The van der Waals surface area contributed by atoms with Gasteiger partial charge in [-0.2, -0.15) is 13.9 Å². The van der Waals surface area contributed by atoms with E-state index in [1.54, 1.807) is 72.4 Å². The van der Waals surface area contributed by atoms with Crippen LogP contribution < -0.4 is 15.0 Å². The molecule has 2 amide bonds. The number of ether oxygens (including phenoxy) is 1. The normalized spacial score (nSPS) is 19.7. The number of hydrogen-bond donors (Lipinski definition) is 1. The fourth-order valence-electron chi connectivity index (χ4n) is 4.83. The molecule has 38 heavy (non-hydrogen) atoms. The summed E-state index contributed by atoms with van der Waals surface area (Å²) >= 11 is 0. The van der Waals surface area contributed by atoms with Gasteiger partial charge in [-0.05, 0) is 60.2 Å². The summed E-state index contributed by atoms with van der Waals surface area (Å²) in [7, 11) is 1.52. The third-order valence-electron chi connectivity index (χ3n) is 6.84. The molecular weight excluding hydrogens is 497 g/mol. The minimum atomic E-state index is -3.60. The van der Waals surface area contributed by atoms with E-state index in [0.717, 1.165) is 5.52 Å². The minimum Gasteiger partial charge on any atom is -0.497 e. The Morgan fingerprint density at radius 3 is 2.32 bits per heavy atom. The smallest absolute Gasteiger partial charge is 0.321 e. The van der Waals surface area contributed by atoms with Crippen LogP contribution in [0.2, 0.25) is 0 Å². The Morgan fingerprint density at radius 1 is 1.03 bits per heavy atom. The standard InChI is InChI=1S/C28H25F3N4O3/c1-16-24(33-27(37)28(2,30)31)25(17-4-11-22(38-3)12-5-17)34(26(16)36)21-10-13-23-18(14-21)15-32-35(23)20-8-6-19(29)7-9-20/h4-16,24-25H,1-3H3,(H,33,37)/t16-,24+,25-/m1/s1. The fraction of sp³-hybridized carbons (Fsp3) is 0.250. The van der Waals surface area contributed by atoms with Gasteiger partial charge < -0.3 is 15.0 Å². The van der Waals surface area contributed by atoms with Crippen molar-refractivity contribution < 1.29 is 27.5 Å². The summed E-state index contributed by atoms with van der Waals surface area (Å²) in [5, 5.41) is 7.54. The maximum Gasteiger partial charge on any atom is 0.321 e. The van der Waals surface area contributed by atoms with Crippen LogP contribution in [0.3, 0.4) is 0 Å². The van der Waals surface area contributed by atoms with Crippen LogP contribution in [0, 0.1) is 11.7 Å². The number of carbonyl (C=O) groups is 2. The van der Waals surface area contributed by atoms with Crippen molar-refractivity contribution in [3.05, 3.63) is 84.3 Å². The molecule has 1 aliphatic heterocycles. The summed E-state index contributed by atoms with van der Waals surface area (Å²) in [6.07, 6.45) is 1.63.